The number of imidazole rings is 1. The van der Waals surface area contributed by atoms with Crippen LogP contribution in [0.4, 0.5) is 0 Å². The van der Waals surface area contributed by atoms with Gasteiger partial charge in [-0.15, -0.1) is 0 Å². The van der Waals surface area contributed by atoms with E-state index in [1.165, 1.54) is 33.5 Å². The molecule has 1 heterocycles. The number of ether oxygens (including phenoxy) is 1. The number of aliphatic hydroxyl groups excluding tert-OH is 1. The fourth-order valence-corrected chi connectivity index (χ4v) is 5.53. The Balaban J connectivity index is 1.25. The van der Waals surface area contributed by atoms with Crippen LogP contribution in [0.1, 0.15) is 47.3 Å². The fourth-order valence-electron chi connectivity index (χ4n) is 5.53. The average molecular weight is 481 g/mol. The number of hydrogen-bond acceptors (Lipinski definition) is 3. The minimum Gasteiger partial charge on any atom is -0.493 e. The van der Waals surface area contributed by atoms with Crippen LogP contribution in [0, 0.1) is 19.8 Å². The molecule has 0 radical (unpaired) electrons. The highest BCUT2D eigenvalue weighted by molar-refractivity contribution is 5.68. The molecule has 0 unspecified atom stereocenters. The van der Waals surface area contributed by atoms with E-state index in [1.807, 2.05) is 0 Å². The number of rotatable bonds is 8. The quantitative estimate of drug-likeness (QED) is 0.307. The fraction of sp³-hybridized carbons (Fsp3) is 0.344. The first-order valence-electron chi connectivity index (χ1n) is 13.0. The monoisotopic (exact) mass is 480 g/mol. The molecule has 0 fully saturated rings. The van der Waals surface area contributed by atoms with Gasteiger partial charge in [0.1, 0.15) is 11.6 Å². The highest BCUT2D eigenvalue weighted by atomic mass is 16.5. The van der Waals surface area contributed by atoms with Gasteiger partial charge >= 0.3 is 0 Å². The van der Waals surface area contributed by atoms with Crippen LogP contribution in [0.5, 0.6) is 5.75 Å². The van der Waals surface area contributed by atoms with E-state index in [-0.39, 0.29) is 6.61 Å². The molecule has 5 rings (SSSR count). The van der Waals surface area contributed by atoms with Crippen molar-refractivity contribution in [3.8, 4) is 28.3 Å². The largest absolute Gasteiger partial charge is 0.493 e. The van der Waals surface area contributed by atoms with Gasteiger partial charge in [0, 0.05) is 31.3 Å². The van der Waals surface area contributed by atoms with Gasteiger partial charge in [0.15, 0.2) is 0 Å². The maximum absolute atomic E-state index is 9.55. The standard InChI is InChI=1S/C32H36N2O2/c1-21-5-7-24(8-6-21)25-9-11-26(12-10-25)32-33-23(3)31(34(32)4)17-18-36-28-14-16-30-27(19-28)13-15-29(30)22(2)20-35/h5-12,14,16,19,22,29,35H,13,15,17-18,20H2,1-4H3/t22-,29+/m1/s1. The molecule has 186 valence electrons. The second-order valence-corrected chi connectivity index (χ2v) is 10.2. The summed E-state index contributed by atoms with van der Waals surface area (Å²) >= 11 is 0. The lowest BCUT2D eigenvalue weighted by molar-refractivity contribution is 0.215. The maximum Gasteiger partial charge on any atom is 0.140 e. The van der Waals surface area contributed by atoms with Crippen molar-refractivity contribution < 1.29 is 9.84 Å². The van der Waals surface area contributed by atoms with Gasteiger partial charge in [-0.25, -0.2) is 4.98 Å². The summed E-state index contributed by atoms with van der Waals surface area (Å²) in [6.45, 7) is 7.18. The van der Waals surface area contributed by atoms with Crippen molar-refractivity contribution in [1.82, 2.24) is 9.55 Å². The molecular weight excluding hydrogens is 444 g/mol. The molecule has 1 aromatic heterocycles. The molecule has 1 aliphatic rings. The lowest BCUT2D eigenvalue weighted by atomic mass is 9.89. The van der Waals surface area contributed by atoms with E-state index in [9.17, 15) is 5.11 Å². The summed E-state index contributed by atoms with van der Waals surface area (Å²) < 4.78 is 8.36. The van der Waals surface area contributed by atoms with Crippen LogP contribution in [0.25, 0.3) is 22.5 Å². The van der Waals surface area contributed by atoms with Crippen LogP contribution in [-0.2, 0) is 19.9 Å². The van der Waals surface area contributed by atoms with Crippen LogP contribution in [-0.4, -0.2) is 27.9 Å². The normalized spacial score (nSPS) is 15.6. The number of aryl methyl sites for hydroxylation is 3. The first-order valence-corrected chi connectivity index (χ1v) is 13.0. The van der Waals surface area contributed by atoms with Crippen molar-refractivity contribution in [1.29, 1.82) is 0 Å². The molecule has 1 aliphatic carbocycles. The zero-order valence-corrected chi connectivity index (χ0v) is 21.8. The highest BCUT2D eigenvalue weighted by Gasteiger charge is 2.27. The van der Waals surface area contributed by atoms with Gasteiger partial charge in [-0.05, 0) is 72.9 Å². The van der Waals surface area contributed by atoms with Gasteiger partial charge in [-0.1, -0.05) is 67.1 Å². The molecular formula is C32H36N2O2. The van der Waals surface area contributed by atoms with Crippen LogP contribution < -0.4 is 4.74 Å². The van der Waals surface area contributed by atoms with Crippen LogP contribution in [0.15, 0.2) is 66.7 Å². The van der Waals surface area contributed by atoms with Gasteiger partial charge in [-0.2, -0.15) is 0 Å². The minimum atomic E-state index is 0.241. The van der Waals surface area contributed by atoms with Gasteiger partial charge in [0.25, 0.3) is 0 Å². The van der Waals surface area contributed by atoms with E-state index in [0.717, 1.165) is 42.1 Å². The van der Waals surface area contributed by atoms with Gasteiger partial charge in [0.05, 0.1) is 12.3 Å². The Morgan fingerprint density at radius 2 is 1.64 bits per heavy atom. The first kappa shape index (κ1) is 24.3. The van der Waals surface area contributed by atoms with E-state index in [1.54, 1.807) is 0 Å². The van der Waals surface area contributed by atoms with Crippen molar-refractivity contribution in [3.63, 3.8) is 0 Å². The van der Waals surface area contributed by atoms with Crippen molar-refractivity contribution in [3.05, 3.63) is 94.8 Å². The lowest BCUT2D eigenvalue weighted by Gasteiger charge is -2.18. The molecule has 0 amide bonds. The van der Waals surface area contributed by atoms with Gasteiger partial charge in [-0.3, -0.25) is 0 Å². The summed E-state index contributed by atoms with van der Waals surface area (Å²) in [5.74, 6) is 2.68. The molecule has 4 heteroatoms. The molecule has 0 bridgehead atoms. The number of aliphatic hydroxyl groups is 1. The Hall–Kier alpha value is -3.37. The third-order valence-corrected chi connectivity index (χ3v) is 7.76. The zero-order chi connectivity index (χ0) is 25.2. The van der Waals surface area contributed by atoms with E-state index in [0.29, 0.717) is 18.4 Å². The molecule has 0 aliphatic heterocycles. The van der Waals surface area contributed by atoms with Crippen LogP contribution in [0.2, 0.25) is 0 Å². The maximum atomic E-state index is 9.55. The summed E-state index contributed by atoms with van der Waals surface area (Å²) in [5.41, 5.74) is 9.83. The summed E-state index contributed by atoms with van der Waals surface area (Å²) in [7, 11) is 2.09. The Morgan fingerprint density at radius 1 is 0.972 bits per heavy atom. The van der Waals surface area contributed by atoms with Crippen molar-refractivity contribution in [2.75, 3.05) is 13.2 Å². The third kappa shape index (κ3) is 4.83. The Morgan fingerprint density at radius 3 is 2.33 bits per heavy atom. The number of benzene rings is 3. The molecule has 0 spiro atoms. The Kier molecular flexibility index (Phi) is 6.97. The lowest BCUT2D eigenvalue weighted by Crippen LogP contribution is -2.11. The van der Waals surface area contributed by atoms with Crippen LogP contribution >= 0.6 is 0 Å². The predicted octanol–water partition coefficient (Wildman–Crippen LogP) is 6.65. The Labute approximate surface area is 214 Å². The van der Waals surface area contributed by atoms with Gasteiger partial charge < -0.3 is 14.4 Å². The summed E-state index contributed by atoms with van der Waals surface area (Å²) in [4.78, 5) is 4.89. The second-order valence-electron chi connectivity index (χ2n) is 10.2. The zero-order valence-electron chi connectivity index (χ0n) is 21.8. The summed E-state index contributed by atoms with van der Waals surface area (Å²) in [6.07, 6.45) is 2.98. The molecule has 3 aromatic carbocycles. The van der Waals surface area contributed by atoms with E-state index in [2.05, 4.69) is 99.1 Å². The molecule has 1 N–H and O–H groups in total. The van der Waals surface area contributed by atoms with Crippen molar-refractivity contribution in [2.24, 2.45) is 13.0 Å². The summed E-state index contributed by atoms with van der Waals surface area (Å²) in [6, 6.07) is 23.8. The number of aromatic nitrogens is 2. The Bertz CT molecular complexity index is 1340. The molecule has 0 saturated carbocycles. The van der Waals surface area contributed by atoms with Crippen LogP contribution in [0.3, 0.4) is 0 Å². The topological polar surface area (TPSA) is 47.3 Å². The molecule has 36 heavy (non-hydrogen) atoms. The summed E-state index contributed by atoms with van der Waals surface area (Å²) in [5, 5.41) is 9.55. The van der Waals surface area contributed by atoms with Gasteiger partial charge in [0.2, 0.25) is 0 Å². The van der Waals surface area contributed by atoms with Crippen molar-refractivity contribution >= 4 is 0 Å². The highest BCUT2D eigenvalue weighted by Crippen LogP contribution is 2.39. The minimum absolute atomic E-state index is 0.241. The molecule has 0 saturated heterocycles. The number of fused-ring (bicyclic) bond motifs is 1. The SMILES string of the molecule is Cc1ccc(-c2ccc(-c3nc(C)c(CCOc4ccc5c(c4)CC[C@H]5[C@H](C)CO)n3C)cc2)cc1. The van der Waals surface area contributed by atoms with Crippen molar-refractivity contribution in [2.45, 2.75) is 46.0 Å². The van der Waals surface area contributed by atoms with E-state index >= 15 is 0 Å². The third-order valence-electron chi connectivity index (χ3n) is 7.76. The number of nitrogens with zero attached hydrogens (tertiary/aromatic N) is 2. The second kappa shape index (κ2) is 10.3. The molecule has 4 aromatic rings. The van der Waals surface area contributed by atoms with E-state index in [4.69, 9.17) is 9.72 Å². The average Bonchev–Trinajstić information content (AvgIpc) is 3.44. The van der Waals surface area contributed by atoms with E-state index < -0.39 is 0 Å². The smallest absolute Gasteiger partial charge is 0.140 e. The number of hydrogen-bond donors (Lipinski definition) is 1. The molecule has 4 nitrogen and oxygen atoms in total. The first-order chi connectivity index (χ1) is 17.4. The predicted molar refractivity (Wildman–Crippen MR) is 147 cm³/mol. The molecule has 2 atom stereocenters.